The summed E-state index contributed by atoms with van der Waals surface area (Å²) in [6.45, 7) is 9.50. The van der Waals surface area contributed by atoms with E-state index in [1.54, 1.807) is 32.1 Å². The van der Waals surface area contributed by atoms with Crippen LogP contribution in [0.5, 0.6) is 0 Å². The average Bonchev–Trinajstić information content (AvgIpc) is 2.45. The first-order chi connectivity index (χ1) is 8.45. The molecule has 0 bridgehead atoms. The van der Waals surface area contributed by atoms with Gasteiger partial charge in [-0.2, -0.15) is 0 Å². The van der Waals surface area contributed by atoms with Crippen molar-refractivity contribution >= 4 is 0 Å². The number of hydrogen-bond donors (Lipinski definition) is 0. The predicted molar refractivity (Wildman–Crippen MR) is 67.7 cm³/mol. The first-order valence-electron chi connectivity index (χ1n) is 6.90. The molecule has 0 aromatic heterocycles. The molecule has 0 saturated heterocycles. The molecule has 17 heavy (non-hydrogen) atoms. The molecule has 2 saturated carbocycles. The molecule has 2 fully saturated rings. The van der Waals surface area contributed by atoms with Gasteiger partial charge in [0.2, 0.25) is 0 Å². The van der Waals surface area contributed by atoms with Crippen LogP contribution in [0.25, 0.3) is 0 Å². The van der Waals surface area contributed by atoms with Gasteiger partial charge < -0.3 is 23.7 Å². The molecule has 0 aromatic carbocycles. The fraction of sp³-hybridized carbons (Fsp3) is 0.867. The lowest BCUT2D eigenvalue weighted by Gasteiger charge is -2.28. The van der Waals surface area contributed by atoms with E-state index in [1.807, 2.05) is 0 Å². The van der Waals surface area contributed by atoms with E-state index in [2.05, 4.69) is 0 Å². The zero-order valence-corrected chi connectivity index (χ0v) is 10.8. The highest BCUT2D eigenvalue weighted by Crippen LogP contribution is 2.34. The SMILES string of the molecule is C1CCC(CC2CCCCC2)CC1.[C-]#N.[C-]#N. The Morgan fingerprint density at radius 1 is 0.588 bits per heavy atom. The van der Waals surface area contributed by atoms with Crippen molar-refractivity contribution in [3.05, 3.63) is 13.1 Å². The van der Waals surface area contributed by atoms with Gasteiger partial charge in [-0.1, -0.05) is 64.2 Å². The number of rotatable bonds is 2. The second-order valence-corrected chi connectivity index (χ2v) is 5.24. The Kier molecular flexibility index (Phi) is 10.8. The van der Waals surface area contributed by atoms with Crippen molar-refractivity contribution in [2.75, 3.05) is 0 Å². The Hall–Kier alpha value is -1.02. The summed E-state index contributed by atoms with van der Waals surface area (Å²) in [6, 6.07) is 0. The maximum absolute atomic E-state index is 6.25. The van der Waals surface area contributed by atoms with Crippen molar-refractivity contribution < 1.29 is 0 Å². The van der Waals surface area contributed by atoms with E-state index in [1.165, 1.54) is 38.5 Å². The van der Waals surface area contributed by atoms with Gasteiger partial charge in [-0.15, -0.1) is 0 Å². The quantitative estimate of drug-likeness (QED) is 0.646. The molecule has 0 heterocycles. The molecular formula is C15H24N2-2. The largest absolute Gasteiger partial charge is 0.512 e. The maximum atomic E-state index is 6.25. The van der Waals surface area contributed by atoms with E-state index < -0.39 is 0 Å². The van der Waals surface area contributed by atoms with Gasteiger partial charge in [-0.25, -0.2) is 0 Å². The minimum Gasteiger partial charge on any atom is -0.512 e. The molecule has 0 radical (unpaired) electrons. The van der Waals surface area contributed by atoms with Crippen molar-refractivity contribution in [1.82, 2.24) is 0 Å². The maximum Gasteiger partial charge on any atom is -0.0412 e. The van der Waals surface area contributed by atoms with E-state index >= 15 is 0 Å². The molecular weight excluding hydrogens is 208 g/mol. The van der Waals surface area contributed by atoms with Crippen molar-refractivity contribution in [3.8, 4) is 0 Å². The molecule has 0 unspecified atom stereocenters. The number of nitrogens with zero attached hydrogens (tertiary/aromatic N) is 2. The summed E-state index contributed by atoms with van der Waals surface area (Å²) in [5.74, 6) is 2.24. The minimum absolute atomic E-state index is 1.12. The molecule has 2 aliphatic carbocycles. The lowest BCUT2D eigenvalue weighted by atomic mass is 9.78. The third-order valence-electron chi connectivity index (χ3n) is 4.12. The van der Waals surface area contributed by atoms with Crippen molar-refractivity contribution in [2.45, 2.75) is 70.6 Å². The molecule has 0 spiro atoms. The molecule has 0 N–H and O–H groups in total. The summed E-state index contributed by atoms with van der Waals surface area (Å²) in [7, 11) is 0. The zero-order chi connectivity index (χ0) is 12.9. The summed E-state index contributed by atoms with van der Waals surface area (Å²) in [5, 5.41) is 12.5. The molecule has 0 amide bonds. The summed E-state index contributed by atoms with van der Waals surface area (Å²) in [4.78, 5) is 0. The average molecular weight is 232 g/mol. The van der Waals surface area contributed by atoms with Gasteiger partial charge in [0.05, 0.1) is 0 Å². The summed E-state index contributed by atoms with van der Waals surface area (Å²) >= 11 is 0. The molecule has 2 nitrogen and oxygen atoms in total. The Morgan fingerprint density at radius 2 is 0.882 bits per heavy atom. The van der Waals surface area contributed by atoms with Crippen molar-refractivity contribution in [3.63, 3.8) is 0 Å². The summed E-state index contributed by atoms with van der Waals surface area (Å²) < 4.78 is 0. The van der Waals surface area contributed by atoms with Crippen LogP contribution < -0.4 is 0 Å². The smallest absolute Gasteiger partial charge is 0.0412 e. The second kappa shape index (κ2) is 11.5. The van der Waals surface area contributed by atoms with Gasteiger partial charge in [-0.05, 0) is 18.3 Å². The first kappa shape index (κ1) is 16.0. The van der Waals surface area contributed by atoms with E-state index in [4.69, 9.17) is 23.7 Å². The molecule has 0 aliphatic heterocycles. The van der Waals surface area contributed by atoms with E-state index in [0.29, 0.717) is 0 Å². The van der Waals surface area contributed by atoms with Crippen LogP contribution >= 0.6 is 0 Å². The molecule has 0 atom stereocenters. The fourth-order valence-corrected chi connectivity index (χ4v) is 3.32. The highest BCUT2D eigenvalue weighted by Gasteiger charge is 2.20. The molecule has 2 heteroatoms. The lowest BCUT2D eigenvalue weighted by Crippen LogP contribution is -2.14. The van der Waals surface area contributed by atoms with Crippen LogP contribution in [0.2, 0.25) is 0 Å². The Bertz CT molecular complexity index is 173. The summed E-state index contributed by atoms with van der Waals surface area (Å²) in [5.41, 5.74) is 0. The third kappa shape index (κ3) is 7.01. The van der Waals surface area contributed by atoms with Gasteiger partial charge in [0, 0.05) is 0 Å². The van der Waals surface area contributed by atoms with Crippen LogP contribution in [0, 0.1) is 35.5 Å². The Labute approximate surface area is 107 Å². The highest BCUT2D eigenvalue weighted by molar-refractivity contribution is 4.73. The Morgan fingerprint density at radius 3 is 1.18 bits per heavy atom. The van der Waals surface area contributed by atoms with Crippen LogP contribution in [0.4, 0.5) is 0 Å². The van der Waals surface area contributed by atoms with Crippen LogP contribution in [-0.2, 0) is 0 Å². The second-order valence-electron chi connectivity index (χ2n) is 5.24. The van der Waals surface area contributed by atoms with Gasteiger partial charge in [-0.3, -0.25) is 0 Å². The van der Waals surface area contributed by atoms with Crippen molar-refractivity contribution in [2.24, 2.45) is 11.8 Å². The Balaban J connectivity index is 0.000000581. The minimum atomic E-state index is 1.12. The van der Waals surface area contributed by atoms with Crippen molar-refractivity contribution in [1.29, 1.82) is 10.5 Å². The monoisotopic (exact) mass is 232 g/mol. The number of hydrogen-bond acceptors (Lipinski definition) is 2. The fourth-order valence-electron chi connectivity index (χ4n) is 3.32. The van der Waals surface area contributed by atoms with E-state index in [9.17, 15) is 0 Å². The van der Waals surface area contributed by atoms with E-state index in [-0.39, 0.29) is 0 Å². The zero-order valence-electron chi connectivity index (χ0n) is 10.8. The van der Waals surface area contributed by atoms with Gasteiger partial charge in [0.25, 0.3) is 0 Å². The molecule has 2 rings (SSSR count). The highest BCUT2D eigenvalue weighted by atomic mass is 14.3. The van der Waals surface area contributed by atoms with Gasteiger partial charge in [0.15, 0.2) is 0 Å². The predicted octanol–water partition coefficient (Wildman–Crippen LogP) is 4.73. The lowest BCUT2D eigenvalue weighted by molar-refractivity contribution is 0.244. The first-order valence-corrected chi connectivity index (χ1v) is 6.90. The standard InChI is InChI=1S/C13H24.2CN/c1-3-7-12(8-4-1)11-13-9-5-2-6-10-13;2*1-2/h12-13H,1-11H2;;/q;2*-1. The molecule has 0 aromatic rings. The van der Waals surface area contributed by atoms with E-state index in [0.717, 1.165) is 11.8 Å². The normalized spacial score (nSPS) is 21.4. The van der Waals surface area contributed by atoms with Gasteiger partial charge >= 0.3 is 0 Å². The topological polar surface area (TPSA) is 47.6 Å². The van der Waals surface area contributed by atoms with Crippen LogP contribution in [0.3, 0.4) is 0 Å². The van der Waals surface area contributed by atoms with Gasteiger partial charge in [0.1, 0.15) is 0 Å². The molecule has 96 valence electrons. The summed E-state index contributed by atoms with van der Waals surface area (Å²) in [6.07, 6.45) is 16.9. The van der Waals surface area contributed by atoms with Crippen LogP contribution in [-0.4, -0.2) is 0 Å². The van der Waals surface area contributed by atoms with Crippen LogP contribution in [0.15, 0.2) is 0 Å². The van der Waals surface area contributed by atoms with Crippen LogP contribution in [0.1, 0.15) is 70.6 Å². The molecule has 2 aliphatic rings. The third-order valence-corrected chi connectivity index (χ3v) is 4.12.